The summed E-state index contributed by atoms with van der Waals surface area (Å²) in [4.78, 5) is 13.4. The van der Waals surface area contributed by atoms with E-state index in [1.54, 1.807) is 0 Å². The third-order valence-corrected chi connectivity index (χ3v) is 3.20. The average molecular weight is 290 g/mol. The first-order chi connectivity index (χ1) is 8.24. The lowest BCUT2D eigenvalue weighted by molar-refractivity contribution is 0.0697. The monoisotopic (exact) mass is 289 g/mol. The maximum atomic E-state index is 11.0. The summed E-state index contributed by atoms with van der Waals surface area (Å²) < 4.78 is 22.0. The van der Waals surface area contributed by atoms with E-state index in [0.717, 1.165) is 0 Å². The van der Waals surface area contributed by atoms with E-state index in [9.17, 15) is 13.2 Å². The van der Waals surface area contributed by atoms with Crippen molar-refractivity contribution in [2.75, 3.05) is 0 Å². The molecule has 1 N–H and O–H groups in total. The number of hydrogen-bond acceptors (Lipinski definition) is 4. The Morgan fingerprint density at radius 2 is 2.17 bits per heavy atom. The van der Waals surface area contributed by atoms with Crippen molar-refractivity contribution in [3.63, 3.8) is 0 Å². The van der Waals surface area contributed by atoms with Crippen LogP contribution in [-0.2, 0) is 14.8 Å². The van der Waals surface area contributed by atoms with Crippen LogP contribution in [0.3, 0.4) is 0 Å². The summed E-state index contributed by atoms with van der Waals surface area (Å²) >= 11 is 0. The van der Waals surface area contributed by atoms with Gasteiger partial charge in [-0.2, -0.15) is 0 Å². The Labute approximate surface area is 107 Å². The summed E-state index contributed by atoms with van der Waals surface area (Å²) in [6, 6.07) is 2.36. The third kappa shape index (κ3) is 3.63. The van der Waals surface area contributed by atoms with Gasteiger partial charge >= 0.3 is 5.97 Å². The van der Waals surface area contributed by atoms with Crippen LogP contribution >= 0.6 is 10.7 Å². The van der Waals surface area contributed by atoms with Crippen molar-refractivity contribution in [3.05, 3.63) is 39.3 Å². The van der Waals surface area contributed by atoms with E-state index in [0.29, 0.717) is 5.56 Å². The minimum Gasteiger partial charge on any atom is -0.478 e. The largest absolute Gasteiger partial charge is 0.478 e. The van der Waals surface area contributed by atoms with Gasteiger partial charge in [-0.25, -0.2) is 13.2 Å². The fourth-order valence-electron chi connectivity index (χ4n) is 1.37. The number of azide groups is 1. The molecule has 18 heavy (non-hydrogen) atoms. The van der Waals surface area contributed by atoms with E-state index < -0.39 is 20.8 Å². The molecular weight excluding hydrogens is 282 g/mol. The van der Waals surface area contributed by atoms with Gasteiger partial charge in [-0.05, 0) is 35.7 Å². The molecule has 0 aliphatic rings. The van der Waals surface area contributed by atoms with E-state index in [-0.39, 0.29) is 16.8 Å². The zero-order chi connectivity index (χ0) is 13.9. The molecule has 7 nitrogen and oxygen atoms in total. The number of rotatable bonds is 4. The first kappa shape index (κ1) is 14.3. The number of carboxylic acid groups (broad SMARTS) is 1. The zero-order valence-corrected chi connectivity index (χ0v) is 10.7. The minimum atomic E-state index is -3.83. The van der Waals surface area contributed by atoms with Crippen molar-refractivity contribution >= 4 is 31.4 Å². The van der Waals surface area contributed by atoms with E-state index in [2.05, 4.69) is 10.0 Å². The second kappa shape index (κ2) is 5.26. The minimum absolute atomic E-state index is 0.0627. The number of carboxylic acids is 1. The lowest BCUT2D eigenvalue weighted by Crippen LogP contribution is -2.03. The van der Waals surface area contributed by atoms with Gasteiger partial charge in [-0.1, -0.05) is 5.11 Å². The predicted molar refractivity (Wildman–Crippen MR) is 65.4 cm³/mol. The molecule has 0 saturated carbocycles. The first-order valence-electron chi connectivity index (χ1n) is 4.59. The number of aromatic carboxylic acids is 1. The van der Waals surface area contributed by atoms with Crippen LogP contribution in [0.25, 0.3) is 10.4 Å². The molecule has 0 aliphatic carbocycles. The Hall–Kier alpha value is -1.76. The molecule has 1 aromatic rings. The molecule has 0 atom stereocenters. The van der Waals surface area contributed by atoms with Gasteiger partial charge in [0.25, 0.3) is 0 Å². The maximum Gasteiger partial charge on any atom is 0.335 e. The van der Waals surface area contributed by atoms with E-state index in [1.807, 2.05) is 0 Å². The van der Waals surface area contributed by atoms with Gasteiger partial charge in [0.2, 0.25) is 9.05 Å². The summed E-state index contributed by atoms with van der Waals surface area (Å²) in [5, 5.41) is 12.2. The van der Waals surface area contributed by atoms with E-state index in [4.69, 9.17) is 21.3 Å². The lowest BCUT2D eigenvalue weighted by atomic mass is 10.0. The molecule has 0 amide bonds. The molecule has 0 fully saturated rings. The fourth-order valence-corrected chi connectivity index (χ4v) is 2.39. The molecule has 9 heteroatoms. The van der Waals surface area contributed by atoms with E-state index in [1.165, 1.54) is 19.1 Å². The normalized spacial score (nSPS) is 10.8. The van der Waals surface area contributed by atoms with Gasteiger partial charge in [0.15, 0.2) is 0 Å². The quantitative estimate of drug-likeness (QED) is 0.396. The van der Waals surface area contributed by atoms with Crippen LogP contribution < -0.4 is 0 Å². The second-order valence-electron chi connectivity index (χ2n) is 3.46. The molecule has 0 aliphatic heterocycles. The van der Waals surface area contributed by atoms with Crippen molar-refractivity contribution in [1.82, 2.24) is 0 Å². The summed E-state index contributed by atoms with van der Waals surface area (Å²) in [7, 11) is 1.29. The number of halogens is 1. The van der Waals surface area contributed by atoms with Gasteiger partial charge in [0.1, 0.15) is 0 Å². The number of carbonyl (C=O) groups is 1. The van der Waals surface area contributed by atoms with Crippen LogP contribution in [0.4, 0.5) is 5.69 Å². The van der Waals surface area contributed by atoms with E-state index >= 15 is 0 Å². The van der Waals surface area contributed by atoms with Crippen LogP contribution in [0.2, 0.25) is 0 Å². The van der Waals surface area contributed by atoms with Crippen LogP contribution in [-0.4, -0.2) is 19.5 Å². The number of nitrogens with zero attached hydrogens (tertiary/aromatic N) is 3. The van der Waals surface area contributed by atoms with Crippen LogP contribution in [0.15, 0.2) is 17.2 Å². The highest BCUT2D eigenvalue weighted by molar-refractivity contribution is 8.13. The highest BCUT2D eigenvalue weighted by Crippen LogP contribution is 2.27. The number of benzene rings is 1. The molecule has 96 valence electrons. The van der Waals surface area contributed by atoms with Gasteiger partial charge in [0, 0.05) is 21.3 Å². The lowest BCUT2D eigenvalue weighted by Gasteiger charge is -2.08. The molecule has 0 radical (unpaired) electrons. The standard InChI is InChI=1S/C9H8ClN3O4S/c1-5-7(4-18(10,16)17)2-6(9(14)15)3-8(5)12-13-11/h2-3H,4H2,1H3,(H,14,15). The average Bonchev–Trinajstić information content (AvgIpc) is 2.21. The Morgan fingerprint density at radius 3 is 2.61 bits per heavy atom. The van der Waals surface area contributed by atoms with Crippen molar-refractivity contribution in [3.8, 4) is 0 Å². The summed E-state index contributed by atoms with van der Waals surface area (Å²) in [5.74, 6) is -1.78. The molecule has 0 heterocycles. The van der Waals surface area contributed by atoms with Crippen molar-refractivity contribution < 1.29 is 18.3 Å². The SMILES string of the molecule is Cc1c(CS(=O)(=O)Cl)cc(C(=O)O)cc1N=[N+]=[N-]. The summed E-state index contributed by atoms with van der Waals surface area (Å²) in [6.45, 7) is 1.52. The molecule has 1 rings (SSSR count). The van der Waals surface area contributed by atoms with Crippen LogP contribution in [0.1, 0.15) is 21.5 Å². The van der Waals surface area contributed by atoms with Crippen LogP contribution in [0.5, 0.6) is 0 Å². The number of hydrogen-bond donors (Lipinski definition) is 1. The Balaban J connectivity index is 3.49. The summed E-state index contributed by atoms with van der Waals surface area (Å²) in [6.07, 6.45) is 0. The Bertz CT molecular complexity index is 650. The van der Waals surface area contributed by atoms with Crippen molar-refractivity contribution in [2.24, 2.45) is 5.11 Å². The zero-order valence-electron chi connectivity index (χ0n) is 9.16. The van der Waals surface area contributed by atoms with Gasteiger partial charge in [-0.15, -0.1) is 0 Å². The Kier molecular flexibility index (Phi) is 4.18. The smallest absolute Gasteiger partial charge is 0.335 e. The first-order valence-corrected chi connectivity index (χ1v) is 7.06. The molecular formula is C9H8ClN3O4S. The molecule has 0 spiro atoms. The second-order valence-corrected chi connectivity index (χ2v) is 6.23. The fraction of sp³-hybridized carbons (Fsp3) is 0.222. The molecule has 0 aromatic heterocycles. The molecule has 0 saturated heterocycles. The van der Waals surface area contributed by atoms with Gasteiger partial charge in [0.05, 0.1) is 11.3 Å². The molecule has 0 unspecified atom stereocenters. The highest BCUT2D eigenvalue weighted by Gasteiger charge is 2.15. The highest BCUT2D eigenvalue weighted by atomic mass is 35.7. The molecule has 0 bridgehead atoms. The third-order valence-electron chi connectivity index (χ3n) is 2.22. The summed E-state index contributed by atoms with van der Waals surface area (Å²) in [5.41, 5.74) is 8.82. The van der Waals surface area contributed by atoms with Gasteiger partial charge in [-0.3, -0.25) is 0 Å². The predicted octanol–water partition coefficient (Wildman–Crippen LogP) is 2.70. The van der Waals surface area contributed by atoms with Crippen molar-refractivity contribution in [2.45, 2.75) is 12.7 Å². The van der Waals surface area contributed by atoms with Gasteiger partial charge < -0.3 is 5.11 Å². The topological polar surface area (TPSA) is 120 Å². The van der Waals surface area contributed by atoms with Crippen LogP contribution in [0, 0.1) is 6.92 Å². The Morgan fingerprint density at radius 1 is 1.56 bits per heavy atom. The molecule has 1 aromatic carbocycles. The van der Waals surface area contributed by atoms with Crippen molar-refractivity contribution in [1.29, 1.82) is 0 Å². The maximum absolute atomic E-state index is 11.0.